The minimum absolute atomic E-state index is 0.00476. The van der Waals surface area contributed by atoms with Crippen molar-refractivity contribution >= 4 is 41.4 Å². The summed E-state index contributed by atoms with van der Waals surface area (Å²) in [6, 6.07) is -1.25. The number of hydrogen-bond acceptors (Lipinski definition) is 11. The highest BCUT2D eigenvalue weighted by molar-refractivity contribution is 8.03. The van der Waals surface area contributed by atoms with Gasteiger partial charge in [0.05, 0.1) is 18.0 Å². The van der Waals surface area contributed by atoms with Crippen LogP contribution in [0.2, 0.25) is 0 Å². The third-order valence-electron chi connectivity index (χ3n) is 7.69. The Labute approximate surface area is 222 Å². The summed E-state index contributed by atoms with van der Waals surface area (Å²) >= 11 is 1.43. The summed E-state index contributed by atoms with van der Waals surface area (Å²) in [6.45, 7) is 5.18. The van der Waals surface area contributed by atoms with Crippen molar-refractivity contribution in [3.63, 3.8) is 0 Å². The van der Waals surface area contributed by atoms with Crippen LogP contribution in [0.25, 0.3) is 0 Å². The number of nitrogen functional groups attached to an aromatic ring is 1. The van der Waals surface area contributed by atoms with Crippen molar-refractivity contribution in [1.82, 2.24) is 40.6 Å². The van der Waals surface area contributed by atoms with Crippen LogP contribution in [0, 0.1) is 11.8 Å². The van der Waals surface area contributed by atoms with E-state index in [1.165, 1.54) is 16.7 Å². The Morgan fingerprint density at radius 3 is 2.74 bits per heavy atom. The fourth-order valence-electron chi connectivity index (χ4n) is 5.91. The molecule has 0 saturated carbocycles. The largest absolute Gasteiger partial charge is 0.477 e. The zero-order valence-electron chi connectivity index (χ0n) is 21.1. The fraction of sp³-hybridized carbons (Fsp3) is 0.682. The molecule has 0 spiro atoms. The van der Waals surface area contributed by atoms with Gasteiger partial charge in [0.2, 0.25) is 17.7 Å². The number of hydrogen-bond donors (Lipinski definition) is 5. The quantitative estimate of drug-likeness (QED) is 0.214. The average Bonchev–Trinajstić information content (AvgIpc) is 3.62. The standard InChI is InChI=1S/C22H32N10O5S/c1-9-16-15(10(2)26-14(33)8-31-28-22(24)27-29-31)20(35)32(16)17(21(36)37)18(9)38-12-5-13(25-6-12)19(34)30-4-3-11(23)7-30/h9-13,15-16,25H,3-8,23H2,1-2H3,(H2,24,28)(H,26,33)(H,36,37)/t9-,10-,11?,12+,13+,15-,16-/m1/s1. The van der Waals surface area contributed by atoms with Gasteiger partial charge in [0, 0.05) is 47.8 Å². The molecule has 4 aliphatic heterocycles. The number of rotatable bonds is 8. The first-order valence-electron chi connectivity index (χ1n) is 12.6. The molecule has 38 heavy (non-hydrogen) atoms. The average molecular weight is 549 g/mol. The summed E-state index contributed by atoms with van der Waals surface area (Å²) in [7, 11) is 0. The summed E-state index contributed by atoms with van der Waals surface area (Å²) in [5.41, 5.74) is 11.4. The molecule has 1 aromatic heterocycles. The number of fused-ring (bicyclic) bond motifs is 1. The molecule has 206 valence electrons. The molecule has 3 fully saturated rings. The number of nitrogens with two attached hydrogens (primary N) is 2. The summed E-state index contributed by atoms with van der Waals surface area (Å²) in [5, 5.41) is 27.0. The highest BCUT2D eigenvalue weighted by atomic mass is 32.2. The van der Waals surface area contributed by atoms with Crippen molar-refractivity contribution in [2.75, 3.05) is 25.4 Å². The second-order valence-corrected chi connectivity index (χ2v) is 11.7. The lowest BCUT2D eigenvalue weighted by Gasteiger charge is -2.47. The molecule has 16 heteroatoms. The Hall–Kier alpha value is -3.24. The summed E-state index contributed by atoms with van der Waals surface area (Å²) in [4.78, 5) is 55.5. The first-order valence-corrected chi connectivity index (χ1v) is 13.5. The van der Waals surface area contributed by atoms with E-state index in [4.69, 9.17) is 11.5 Å². The lowest BCUT2D eigenvalue weighted by Crippen LogP contribution is -2.66. The Bertz CT molecular complexity index is 1190. The maximum atomic E-state index is 13.1. The van der Waals surface area contributed by atoms with Gasteiger partial charge in [-0.05, 0) is 25.0 Å². The number of carbonyl (C=O) groups excluding carboxylic acids is 3. The van der Waals surface area contributed by atoms with Crippen LogP contribution in [0.15, 0.2) is 10.6 Å². The Morgan fingerprint density at radius 1 is 1.34 bits per heavy atom. The number of β-lactam (4-membered cyclic amide) rings is 1. The normalized spacial score (nSPS) is 31.4. The molecular formula is C22H32N10O5S. The van der Waals surface area contributed by atoms with Gasteiger partial charge in [0.15, 0.2) is 0 Å². The van der Waals surface area contributed by atoms with Crippen LogP contribution in [0.5, 0.6) is 0 Å². The molecule has 1 unspecified atom stereocenters. The number of carboxylic acids is 1. The van der Waals surface area contributed by atoms with Crippen molar-refractivity contribution in [2.24, 2.45) is 17.6 Å². The molecule has 7 N–H and O–H groups in total. The highest BCUT2D eigenvalue weighted by Gasteiger charge is 2.60. The van der Waals surface area contributed by atoms with Crippen LogP contribution < -0.4 is 22.1 Å². The van der Waals surface area contributed by atoms with Crippen molar-refractivity contribution in [2.45, 2.75) is 62.7 Å². The number of thioether (sulfide) groups is 1. The molecule has 0 aromatic carbocycles. The van der Waals surface area contributed by atoms with E-state index in [2.05, 4.69) is 26.0 Å². The lowest BCUT2D eigenvalue weighted by atomic mass is 9.78. The van der Waals surface area contributed by atoms with Crippen LogP contribution in [-0.4, -0.2) is 108 Å². The van der Waals surface area contributed by atoms with E-state index in [9.17, 15) is 24.3 Å². The molecule has 15 nitrogen and oxygen atoms in total. The monoisotopic (exact) mass is 548 g/mol. The number of tetrazole rings is 1. The molecule has 4 aliphatic rings. The minimum Gasteiger partial charge on any atom is -0.477 e. The molecular weight excluding hydrogens is 516 g/mol. The molecule has 0 bridgehead atoms. The predicted octanol–water partition coefficient (Wildman–Crippen LogP) is -2.44. The van der Waals surface area contributed by atoms with Crippen LogP contribution in [-0.2, 0) is 25.7 Å². The van der Waals surface area contributed by atoms with Crippen molar-refractivity contribution < 1.29 is 24.3 Å². The maximum absolute atomic E-state index is 13.1. The van der Waals surface area contributed by atoms with Crippen LogP contribution in [0.1, 0.15) is 26.7 Å². The number of nitrogens with zero attached hydrogens (tertiary/aromatic N) is 6. The smallest absolute Gasteiger partial charge is 0.353 e. The van der Waals surface area contributed by atoms with E-state index in [0.29, 0.717) is 31.0 Å². The molecule has 3 saturated heterocycles. The zero-order valence-corrected chi connectivity index (χ0v) is 21.9. The van der Waals surface area contributed by atoms with Gasteiger partial charge < -0.3 is 37.0 Å². The Kier molecular flexibility index (Phi) is 7.04. The van der Waals surface area contributed by atoms with E-state index in [1.54, 1.807) is 11.8 Å². The Balaban J connectivity index is 1.23. The van der Waals surface area contributed by atoms with Gasteiger partial charge in [-0.25, -0.2) is 4.79 Å². The van der Waals surface area contributed by atoms with Gasteiger partial charge in [-0.15, -0.1) is 16.9 Å². The van der Waals surface area contributed by atoms with Crippen molar-refractivity contribution in [1.29, 1.82) is 0 Å². The van der Waals surface area contributed by atoms with Crippen LogP contribution >= 0.6 is 11.8 Å². The highest BCUT2D eigenvalue weighted by Crippen LogP contribution is 2.51. The summed E-state index contributed by atoms with van der Waals surface area (Å²) in [6.07, 6.45) is 1.36. The maximum Gasteiger partial charge on any atom is 0.353 e. The number of carboxylic acid groups (broad SMARTS) is 1. The van der Waals surface area contributed by atoms with E-state index in [1.807, 2.05) is 6.92 Å². The Morgan fingerprint density at radius 2 is 2.11 bits per heavy atom. The number of amides is 3. The van der Waals surface area contributed by atoms with Gasteiger partial charge in [-0.3, -0.25) is 14.4 Å². The molecule has 5 heterocycles. The van der Waals surface area contributed by atoms with Gasteiger partial charge in [0.25, 0.3) is 5.95 Å². The van der Waals surface area contributed by atoms with E-state index in [-0.39, 0.29) is 59.3 Å². The topological polar surface area (TPSA) is 215 Å². The predicted molar refractivity (Wildman–Crippen MR) is 135 cm³/mol. The van der Waals surface area contributed by atoms with E-state index < -0.39 is 23.8 Å². The SMILES string of the molecule is C[C@@H](NC(=O)Cn1nnc(N)n1)[C@H]1C(=O)N2C(C(=O)O)=C(S[C@@H]3CN[C@H](C(=O)N4CCC(N)C4)C3)[C@H](C)[C@H]12. The van der Waals surface area contributed by atoms with Crippen molar-refractivity contribution in [3.8, 4) is 0 Å². The minimum atomic E-state index is -1.16. The van der Waals surface area contributed by atoms with Gasteiger partial charge in [-0.1, -0.05) is 12.0 Å². The first kappa shape index (κ1) is 26.4. The molecule has 0 radical (unpaired) electrons. The zero-order chi connectivity index (χ0) is 27.3. The molecule has 3 amide bonds. The molecule has 7 atom stereocenters. The number of anilines is 1. The van der Waals surface area contributed by atoms with Gasteiger partial charge in [-0.2, -0.15) is 4.80 Å². The third-order valence-corrected chi connectivity index (χ3v) is 9.20. The third kappa shape index (κ3) is 4.71. The van der Waals surface area contributed by atoms with Crippen molar-refractivity contribution in [3.05, 3.63) is 10.6 Å². The number of nitrogens with one attached hydrogen (secondary N) is 2. The number of aliphatic carboxylic acids is 1. The van der Waals surface area contributed by atoms with E-state index in [0.717, 1.165) is 11.2 Å². The summed E-state index contributed by atoms with van der Waals surface area (Å²) < 4.78 is 0. The van der Waals surface area contributed by atoms with Gasteiger partial charge in [0.1, 0.15) is 12.2 Å². The molecule has 1 aromatic rings. The number of aromatic nitrogens is 4. The number of carbonyl (C=O) groups is 4. The first-order chi connectivity index (χ1) is 18.0. The molecule has 5 rings (SSSR count). The van der Waals surface area contributed by atoms with Crippen LogP contribution in [0.3, 0.4) is 0 Å². The van der Waals surface area contributed by atoms with Gasteiger partial charge >= 0.3 is 5.97 Å². The van der Waals surface area contributed by atoms with E-state index >= 15 is 0 Å². The number of likely N-dealkylation sites (tertiary alicyclic amines) is 1. The summed E-state index contributed by atoms with van der Waals surface area (Å²) in [5.74, 6) is -2.76. The lowest BCUT2D eigenvalue weighted by molar-refractivity contribution is -0.158. The second kappa shape index (κ2) is 10.1. The fourth-order valence-corrected chi connectivity index (χ4v) is 7.38. The second-order valence-electron chi connectivity index (χ2n) is 10.3. The molecule has 0 aliphatic carbocycles. The van der Waals surface area contributed by atoms with Crippen LogP contribution in [0.4, 0.5) is 5.95 Å².